The van der Waals surface area contributed by atoms with Crippen LogP contribution in [0, 0.1) is 12.8 Å². The van der Waals surface area contributed by atoms with E-state index in [0.717, 1.165) is 37.1 Å². The van der Waals surface area contributed by atoms with Gasteiger partial charge in [-0.2, -0.15) is 0 Å². The number of aryl methyl sites for hydroxylation is 1. The number of nitrogens with one attached hydrogen (secondary N) is 2. The van der Waals surface area contributed by atoms with Gasteiger partial charge in [0.05, 0.1) is 6.10 Å². The third-order valence-electron chi connectivity index (χ3n) is 4.80. The molecule has 5 nitrogen and oxygen atoms in total. The number of hydrogen-bond donors (Lipinski definition) is 3. The molecule has 1 fully saturated rings. The number of aliphatic hydroxyl groups is 1. The third-order valence-corrected chi connectivity index (χ3v) is 4.80. The summed E-state index contributed by atoms with van der Waals surface area (Å²) in [5.41, 5.74) is 1.90. The van der Waals surface area contributed by atoms with Crippen molar-refractivity contribution in [1.29, 1.82) is 0 Å². The summed E-state index contributed by atoms with van der Waals surface area (Å²) in [6, 6.07) is 7.50. The number of likely N-dealkylation sites (tertiary alicyclic amines) is 1. The first-order valence-corrected chi connectivity index (χ1v) is 9.07. The molecule has 134 valence electrons. The van der Waals surface area contributed by atoms with E-state index in [2.05, 4.69) is 22.5 Å². The Kier molecular flexibility index (Phi) is 7.53. The number of carbonyl (C=O) groups is 1. The Bertz CT molecular complexity index is 513. The minimum absolute atomic E-state index is 0.196. The molecule has 0 aliphatic carbocycles. The molecule has 0 spiro atoms. The van der Waals surface area contributed by atoms with E-state index in [9.17, 15) is 9.90 Å². The molecule has 1 aliphatic heterocycles. The Labute approximate surface area is 145 Å². The Morgan fingerprint density at radius 3 is 2.67 bits per heavy atom. The average Bonchev–Trinajstić information content (AvgIpc) is 2.60. The van der Waals surface area contributed by atoms with E-state index in [1.807, 2.05) is 31.2 Å². The molecule has 2 rings (SSSR count). The van der Waals surface area contributed by atoms with Crippen LogP contribution in [-0.2, 0) is 0 Å². The van der Waals surface area contributed by atoms with Gasteiger partial charge in [0.25, 0.3) is 0 Å². The second-order valence-corrected chi connectivity index (χ2v) is 6.75. The van der Waals surface area contributed by atoms with Gasteiger partial charge in [-0.25, -0.2) is 4.79 Å². The quantitative estimate of drug-likeness (QED) is 0.718. The predicted molar refractivity (Wildman–Crippen MR) is 97.0 cm³/mol. The normalized spacial score (nSPS) is 17.5. The lowest BCUT2D eigenvalue weighted by molar-refractivity contribution is 0.169. The van der Waals surface area contributed by atoms with E-state index in [-0.39, 0.29) is 12.6 Å². The number of piperidine rings is 1. The number of amides is 2. The summed E-state index contributed by atoms with van der Waals surface area (Å²) in [7, 11) is 0. The first-order chi connectivity index (χ1) is 11.6. The van der Waals surface area contributed by atoms with Gasteiger partial charge in [0.15, 0.2) is 0 Å². The van der Waals surface area contributed by atoms with Crippen LogP contribution in [0.3, 0.4) is 0 Å². The molecule has 24 heavy (non-hydrogen) atoms. The number of nitrogens with zero attached hydrogens (tertiary/aromatic N) is 1. The lowest BCUT2D eigenvalue weighted by atomic mass is 9.97. The Morgan fingerprint density at radius 2 is 2.00 bits per heavy atom. The fourth-order valence-electron chi connectivity index (χ4n) is 3.29. The van der Waals surface area contributed by atoms with Crippen LogP contribution >= 0.6 is 0 Å². The van der Waals surface area contributed by atoms with Crippen LogP contribution < -0.4 is 10.6 Å². The van der Waals surface area contributed by atoms with E-state index in [0.29, 0.717) is 12.5 Å². The number of aliphatic hydroxyl groups excluding tert-OH is 1. The SMILES string of the molecule is CCCN1CCC(CNC(=O)NCC(O)c2ccccc2C)CC1. The fourth-order valence-corrected chi connectivity index (χ4v) is 3.29. The highest BCUT2D eigenvalue weighted by Crippen LogP contribution is 2.17. The summed E-state index contributed by atoms with van der Waals surface area (Å²) in [4.78, 5) is 14.4. The molecular weight excluding hydrogens is 302 g/mol. The van der Waals surface area contributed by atoms with Gasteiger partial charge >= 0.3 is 6.03 Å². The third kappa shape index (κ3) is 5.80. The lowest BCUT2D eigenvalue weighted by Crippen LogP contribution is -2.43. The zero-order chi connectivity index (χ0) is 17.4. The first kappa shape index (κ1) is 18.7. The Morgan fingerprint density at radius 1 is 1.29 bits per heavy atom. The smallest absolute Gasteiger partial charge is 0.314 e. The van der Waals surface area contributed by atoms with Gasteiger partial charge < -0.3 is 20.6 Å². The minimum Gasteiger partial charge on any atom is -0.387 e. The molecule has 1 heterocycles. The number of carbonyl (C=O) groups excluding carboxylic acids is 1. The van der Waals surface area contributed by atoms with Gasteiger partial charge in [-0.1, -0.05) is 31.2 Å². The molecule has 1 aliphatic rings. The molecule has 3 N–H and O–H groups in total. The predicted octanol–water partition coefficient (Wildman–Crippen LogP) is 2.45. The molecule has 1 aromatic rings. The maximum atomic E-state index is 11.9. The van der Waals surface area contributed by atoms with Crippen molar-refractivity contribution in [3.8, 4) is 0 Å². The summed E-state index contributed by atoms with van der Waals surface area (Å²) in [6.45, 7) is 8.56. The number of benzene rings is 1. The van der Waals surface area contributed by atoms with Crippen LogP contribution in [-0.4, -0.2) is 48.8 Å². The summed E-state index contributed by atoms with van der Waals surface area (Å²) in [6.07, 6.45) is 2.82. The average molecular weight is 333 g/mol. The highest BCUT2D eigenvalue weighted by Gasteiger charge is 2.19. The number of urea groups is 1. The van der Waals surface area contributed by atoms with Crippen molar-refractivity contribution >= 4 is 6.03 Å². The van der Waals surface area contributed by atoms with E-state index in [4.69, 9.17) is 0 Å². The van der Waals surface area contributed by atoms with E-state index in [1.165, 1.54) is 13.0 Å². The van der Waals surface area contributed by atoms with Gasteiger partial charge in [-0.15, -0.1) is 0 Å². The standard InChI is InChI=1S/C19H31N3O2/c1-3-10-22-11-8-16(9-12-22)13-20-19(24)21-14-18(23)17-7-5-4-6-15(17)2/h4-7,16,18,23H,3,8-14H2,1-2H3,(H2,20,21,24). The number of rotatable bonds is 7. The molecule has 1 atom stereocenters. The molecule has 2 amide bonds. The van der Waals surface area contributed by atoms with Crippen LogP contribution in [0.15, 0.2) is 24.3 Å². The zero-order valence-corrected chi connectivity index (χ0v) is 14.9. The highest BCUT2D eigenvalue weighted by molar-refractivity contribution is 5.73. The second kappa shape index (κ2) is 9.64. The van der Waals surface area contributed by atoms with Gasteiger partial charge in [0.2, 0.25) is 0 Å². The minimum atomic E-state index is -0.672. The lowest BCUT2D eigenvalue weighted by Gasteiger charge is -2.31. The van der Waals surface area contributed by atoms with Gasteiger partial charge in [0, 0.05) is 13.1 Å². The molecule has 0 aromatic heterocycles. The summed E-state index contributed by atoms with van der Waals surface area (Å²) in [5.74, 6) is 0.560. The Hall–Kier alpha value is -1.59. The van der Waals surface area contributed by atoms with Gasteiger partial charge in [-0.05, 0) is 62.9 Å². The molecule has 0 saturated carbocycles. The maximum Gasteiger partial charge on any atom is 0.314 e. The van der Waals surface area contributed by atoms with E-state index in [1.54, 1.807) is 0 Å². The van der Waals surface area contributed by atoms with Crippen molar-refractivity contribution < 1.29 is 9.90 Å². The molecule has 1 saturated heterocycles. The second-order valence-electron chi connectivity index (χ2n) is 6.75. The largest absolute Gasteiger partial charge is 0.387 e. The van der Waals surface area contributed by atoms with E-state index >= 15 is 0 Å². The maximum absolute atomic E-state index is 11.9. The first-order valence-electron chi connectivity index (χ1n) is 9.07. The molecular formula is C19H31N3O2. The summed E-state index contributed by atoms with van der Waals surface area (Å²) >= 11 is 0. The van der Waals surface area contributed by atoms with Crippen molar-refractivity contribution in [2.24, 2.45) is 5.92 Å². The highest BCUT2D eigenvalue weighted by atomic mass is 16.3. The van der Waals surface area contributed by atoms with Crippen LogP contribution in [0.2, 0.25) is 0 Å². The van der Waals surface area contributed by atoms with Crippen LogP contribution in [0.4, 0.5) is 4.79 Å². The van der Waals surface area contributed by atoms with Crippen molar-refractivity contribution in [3.63, 3.8) is 0 Å². The number of hydrogen-bond acceptors (Lipinski definition) is 3. The topological polar surface area (TPSA) is 64.6 Å². The van der Waals surface area contributed by atoms with Gasteiger partial charge in [0.1, 0.15) is 0 Å². The molecule has 1 aromatic carbocycles. The Balaban J connectivity index is 1.64. The molecule has 1 unspecified atom stereocenters. The molecule has 0 radical (unpaired) electrons. The van der Waals surface area contributed by atoms with Gasteiger partial charge in [-0.3, -0.25) is 0 Å². The molecule has 0 bridgehead atoms. The zero-order valence-electron chi connectivity index (χ0n) is 14.9. The van der Waals surface area contributed by atoms with E-state index < -0.39 is 6.10 Å². The van der Waals surface area contributed by atoms with Crippen molar-refractivity contribution in [1.82, 2.24) is 15.5 Å². The fraction of sp³-hybridized carbons (Fsp3) is 0.632. The summed E-state index contributed by atoms with van der Waals surface area (Å²) < 4.78 is 0. The van der Waals surface area contributed by atoms with Crippen LogP contribution in [0.1, 0.15) is 43.4 Å². The van der Waals surface area contributed by atoms with Crippen LogP contribution in [0.5, 0.6) is 0 Å². The van der Waals surface area contributed by atoms with Crippen molar-refractivity contribution in [2.45, 2.75) is 39.2 Å². The van der Waals surface area contributed by atoms with Crippen LogP contribution in [0.25, 0.3) is 0 Å². The van der Waals surface area contributed by atoms with Crippen molar-refractivity contribution in [2.75, 3.05) is 32.7 Å². The monoisotopic (exact) mass is 333 g/mol. The van der Waals surface area contributed by atoms with Crippen molar-refractivity contribution in [3.05, 3.63) is 35.4 Å². The summed E-state index contributed by atoms with van der Waals surface area (Å²) in [5, 5.41) is 15.9. The molecule has 5 heteroatoms.